The van der Waals surface area contributed by atoms with Crippen molar-refractivity contribution < 1.29 is 9.90 Å². The highest BCUT2D eigenvalue weighted by Crippen LogP contribution is 2.25. The predicted octanol–water partition coefficient (Wildman–Crippen LogP) is 3.58. The van der Waals surface area contributed by atoms with E-state index in [0.717, 1.165) is 25.7 Å². The second-order valence-electron chi connectivity index (χ2n) is 5.68. The molecule has 1 rings (SSSR count). The Bertz CT molecular complexity index is 235. The molecule has 0 bridgehead atoms. The summed E-state index contributed by atoms with van der Waals surface area (Å²) in [6, 6.07) is 1.19. The summed E-state index contributed by atoms with van der Waals surface area (Å²) in [6.07, 6.45) is 10.1. The lowest BCUT2D eigenvalue weighted by atomic mass is 9.85. The molecule has 106 valence electrons. The van der Waals surface area contributed by atoms with Crippen molar-refractivity contribution in [1.29, 1.82) is 0 Å². The van der Waals surface area contributed by atoms with Crippen molar-refractivity contribution in [1.82, 2.24) is 5.32 Å². The van der Waals surface area contributed by atoms with Crippen molar-refractivity contribution in [3.63, 3.8) is 0 Å². The van der Waals surface area contributed by atoms with Crippen molar-refractivity contribution in [2.75, 3.05) is 0 Å². The van der Waals surface area contributed by atoms with Gasteiger partial charge in [-0.2, -0.15) is 0 Å². The molecule has 3 nitrogen and oxygen atoms in total. The van der Waals surface area contributed by atoms with Gasteiger partial charge < -0.3 is 10.4 Å². The number of hydrogen-bond acceptors (Lipinski definition) is 2. The highest BCUT2D eigenvalue weighted by Gasteiger charge is 2.26. The molecule has 0 heterocycles. The van der Waals surface area contributed by atoms with Gasteiger partial charge in [-0.25, -0.2) is 0 Å². The van der Waals surface area contributed by atoms with E-state index in [4.69, 9.17) is 5.11 Å². The fraction of sp³-hybridized carbons (Fsp3) is 0.933. The van der Waals surface area contributed by atoms with Crippen LogP contribution in [0.5, 0.6) is 0 Å². The highest BCUT2D eigenvalue weighted by atomic mass is 16.4. The van der Waals surface area contributed by atoms with Crippen LogP contribution in [0.1, 0.15) is 71.6 Å². The molecular formula is C15H29NO2. The zero-order chi connectivity index (χ0) is 13.4. The molecule has 2 N–H and O–H groups in total. The van der Waals surface area contributed by atoms with Gasteiger partial charge in [-0.3, -0.25) is 4.79 Å². The third kappa shape index (κ3) is 5.38. The van der Waals surface area contributed by atoms with Crippen molar-refractivity contribution in [3.8, 4) is 0 Å². The van der Waals surface area contributed by atoms with Crippen LogP contribution in [0.25, 0.3) is 0 Å². The summed E-state index contributed by atoms with van der Waals surface area (Å²) in [7, 11) is 0. The first-order chi connectivity index (χ1) is 8.67. The summed E-state index contributed by atoms with van der Waals surface area (Å²) in [5.74, 6) is -0.701. The Hall–Kier alpha value is -0.570. The minimum Gasteiger partial charge on any atom is -0.481 e. The van der Waals surface area contributed by atoms with Crippen LogP contribution >= 0.6 is 0 Å². The number of carboxylic acids is 1. The van der Waals surface area contributed by atoms with E-state index in [-0.39, 0.29) is 5.92 Å². The van der Waals surface area contributed by atoms with Crippen LogP contribution in [0.3, 0.4) is 0 Å². The van der Waals surface area contributed by atoms with E-state index >= 15 is 0 Å². The number of nitrogens with one attached hydrogen (secondary N) is 1. The maximum absolute atomic E-state index is 10.9. The van der Waals surface area contributed by atoms with Crippen LogP contribution in [0.4, 0.5) is 0 Å². The van der Waals surface area contributed by atoms with E-state index in [0.29, 0.717) is 12.1 Å². The summed E-state index contributed by atoms with van der Waals surface area (Å²) < 4.78 is 0. The number of rotatable bonds is 8. The van der Waals surface area contributed by atoms with Gasteiger partial charge in [-0.1, -0.05) is 33.1 Å². The molecule has 0 spiro atoms. The standard InChI is InChI=1S/C15H29NO2/c1-3-5-7-13(6-4-2)16-14-10-8-12(9-11-14)15(17)18/h12-14,16H,3-11H2,1-2H3,(H,17,18). The average molecular weight is 255 g/mol. The van der Waals surface area contributed by atoms with Crippen molar-refractivity contribution in [2.45, 2.75) is 83.7 Å². The zero-order valence-electron chi connectivity index (χ0n) is 12.0. The topological polar surface area (TPSA) is 49.3 Å². The molecule has 0 saturated heterocycles. The molecule has 1 aliphatic carbocycles. The van der Waals surface area contributed by atoms with E-state index < -0.39 is 5.97 Å². The molecule has 1 fully saturated rings. The average Bonchev–Trinajstić information content (AvgIpc) is 2.37. The van der Waals surface area contributed by atoms with Gasteiger partial charge in [-0.15, -0.1) is 0 Å². The lowest BCUT2D eigenvalue weighted by Crippen LogP contribution is -2.41. The molecule has 0 radical (unpaired) electrons. The Morgan fingerprint density at radius 1 is 1.17 bits per heavy atom. The maximum Gasteiger partial charge on any atom is 0.306 e. The van der Waals surface area contributed by atoms with Gasteiger partial charge in [0, 0.05) is 12.1 Å². The van der Waals surface area contributed by atoms with Gasteiger partial charge in [-0.05, 0) is 38.5 Å². The number of hydrogen-bond donors (Lipinski definition) is 2. The van der Waals surface area contributed by atoms with Gasteiger partial charge in [0.25, 0.3) is 0 Å². The quantitative estimate of drug-likeness (QED) is 0.697. The second kappa shape index (κ2) is 8.52. The summed E-state index contributed by atoms with van der Waals surface area (Å²) in [5, 5.41) is 12.7. The SMILES string of the molecule is CCCCC(CCC)NC1CCC(C(=O)O)CC1. The van der Waals surface area contributed by atoms with Crippen LogP contribution in [-0.2, 0) is 4.79 Å². The molecule has 0 aromatic carbocycles. The lowest BCUT2D eigenvalue weighted by molar-refractivity contribution is -0.142. The van der Waals surface area contributed by atoms with Crippen LogP contribution in [-0.4, -0.2) is 23.2 Å². The smallest absolute Gasteiger partial charge is 0.306 e. The number of carbonyl (C=O) groups is 1. The third-order valence-corrected chi connectivity index (χ3v) is 4.09. The van der Waals surface area contributed by atoms with Gasteiger partial charge in [0.05, 0.1) is 5.92 Å². The largest absolute Gasteiger partial charge is 0.481 e. The van der Waals surface area contributed by atoms with E-state index in [1.54, 1.807) is 0 Å². The third-order valence-electron chi connectivity index (χ3n) is 4.09. The van der Waals surface area contributed by atoms with Crippen LogP contribution < -0.4 is 5.32 Å². The first-order valence-electron chi connectivity index (χ1n) is 7.66. The predicted molar refractivity (Wildman–Crippen MR) is 74.7 cm³/mol. The van der Waals surface area contributed by atoms with Gasteiger partial charge >= 0.3 is 5.97 Å². The van der Waals surface area contributed by atoms with Crippen LogP contribution in [0, 0.1) is 5.92 Å². The van der Waals surface area contributed by atoms with Crippen molar-refractivity contribution in [3.05, 3.63) is 0 Å². The summed E-state index contributed by atoms with van der Waals surface area (Å²) in [6.45, 7) is 4.48. The van der Waals surface area contributed by atoms with Crippen molar-refractivity contribution >= 4 is 5.97 Å². The molecule has 0 aromatic heterocycles. The maximum atomic E-state index is 10.9. The minimum atomic E-state index is -0.607. The summed E-state index contributed by atoms with van der Waals surface area (Å²) in [5.41, 5.74) is 0. The normalized spacial score (nSPS) is 25.9. The first kappa shape index (κ1) is 15.5. The monoisotopic (exact) mass is 255 g/mol. The van der Waals surface area contributed by atoms with Gasteiger partial charge in [0.15, 0.2) is 0 Å². The second-order valence-corrected chi connectivity index (χ2v) is 5.68. The molecule has 0 aromatic rings. The number of aliphatic carboxylic acids is 1. The summed E-state index contributed by atoms with van der Waals surface area (Å²) in [4.78, 5) is 10.9. The fourth-order valence-corrected chi connectivity index (χ4v) is 2.95. The molecule has 3 heteroatoms. The number of carboxylic acid groups (broad SMARTS) is 1. The molecular weight excluding hydrogens is 226 g/mol. The molecule has 1 atom stereocenters. The fourth-order valence-electron chi connectivity index (χ4n) is 2.95. The Labute approximate surface area is 111 Å². The van der Waals surface area contributed by atoms with E-state index in [1.807, 2.05) is 0 Å². The van der Waals surface area contributed by atoms with E-state index in [9.17, 15) is 4.79 Å². The lowest BCUT2D eigenvalue weighted by Gasteiger charge is -2.31. The van der Waals surface area contributed by atoms with Gasteiger partial charge in [0.2, 0.25) is 0 Å². The van der Waals surface area contributed by atoms with Crippen LogP contribution in [0.2, 0.25) is 0 Å². The van der Waals surface area contributed by atoms with Crippen LogP contribution in [0.15, 0.2) is 0 Å². The molecule has 0 amide bonds. The molecule has 1 saturated carbocycles. The zero-order valence-corrected chi connectivity index (χ0v) is 12.0. The summed E-state index contributed by atoms with van der Waals surface area (Å²) >= 11 is 0. The molecule has 18 heavy (non-hydrogen) atoms. The molecule has 1 aliphatic rings. The Kier molecular flexibility index (Phi) is 7.33. The van der Waals surface area contributed by atoms with Gasteiger partial charge in [0.1, 0.15) is 0 Å². The van der Waals surface area contributed by atoms with E-state index in [1.165, 1.54) is 32.1 Å². The molecule has 0 aliphatic heterocycles. The first-order valence-corrected chi connectivity index (χ1v) is 7.66. The number of unbranched alkanes of at least 4 members (excludes halogenated alkanes) is 1. The molecule has 1 unspecified atom stereocenters. The minimum absolute atomic E-state index is 0.0942. The Morgan fingerprint density at radius 3 is 2.33 bits per heavy atom. The Morgan fingerprint density at radius 2 is 1.83 bits per heavy atom. The van der Waals surface area contributed by atoms with Crippen molar-refractivity contribution in [2.24, 2.45) is 5.92 Å². The van der Waals surface area contributed by atoms with E-state index in [2.05, 4.69) is 19.2 Å². The highest BCUT2D eigenvalue weighted by molar-refractivity contribution is 5.70. The Balaban J connectivity index is 2.30.